The van der Waals surface area contributed by atoms with Crippen LogP contribution in [-0.2, 0) is 11.2 Å². The number of carboxylic acid groups (broad SMARTS) is 1. The number of anilines is 1. The lowest BCUT2D eigenvalue weighted by Crippen LogP contribution is -2.01. The summed E-state index contributed by atoms with van der Waals surface area (Å²) < 4.78 is 0. The molecule has 0 aromatic carbocycles. The average Bonchev–Trinajstić information content (AvgIpc) is 2.31. The summed E-state index contributed by atoms with van der Waals surface area (Å²) >= 11 is 1.47. The summed E-state index contributed by atoms with van der Waals surface area (Å²) in [5.74, 6) is -0.842. The van der Waals surface area contributed by atoms with Crippen LogP contribution in [0.25, 0.3) is 0 Å². The van der Waals surface area contributed by atoms with Gasteiger partial charge in [-0.05, 0) is 6.92 Å². The van der Waals surface area contributed by atoms with Crippen LogP contribution in [0.3, 0.4) is 0 Å². The summed E-state index contributed by atoms with van der Waals surface area (Å²) in [6, 6.07) is 0. The Balaban J connectivity index is 2.84. The van der Waals surface area contributed by atoms with Crippen molar-refractivity contribution in [1.82, 2.24) is 4.98 Å². The number of thiazole rings is 1. The lowest BCUT2D eigenvalue weighted by Gasteiger charge is -1.90. The van der Waals surface area contributed by atoms with E-state index < -0.39 is 5.97 Å². The molecule has 5 heteroatoms. The van der Waals surface area contributed by atoms with E-state index in [9.17, 15) is 4.79 Å². The van der Waals surface area contributed by atoms with E-state index in [1.807, 2.05) is 6.92 Å². The fraction of sp³-hybridized carbons (Fsp3) is 0.429. The van der Waals surface area contributed by atoms with Crippen LogP contribution in [-0.4, -0.2) is 23.1 Å². The fourth-order valence-electron chi connectivity index (χ4n) is 0.842. The Kier molecular flexibility index (Phi) is 2.65. The summed E-state index contributed by atoms with van der Waals surface area (Å²) in [4.78, 5) is 15.4. The molecule has 0 unspecified atom stereocenters. The maximum absolute atomic E-state index is 10.4. The van der Waals surface area contributed by atoms with Crippen molar-refractivity contribution in [1.29, 1.82) is 0 Å². The minimum Gasteiger partial charge on any atom is -0.481 e. The van der Waals surface area contributed by atoms with Gasteiger partial charge in [0.1, 0.15) is 0 Å². The number of hydrogen-bond donors (Lipinski definition) is 2. The predicted molar refractivity (Wildman–Crippen MR) is 47.7 cm³/mol. The Morgan fingerprint density at radius 3 is 2.83 bits per heavy atom. The number of nitrogens with one attached hydrogen (secondary N) is 1. The first-order valence-electron chi connectivity index (χ1n) is 3.49. The topological polar surface area (TPSA) is 62.2 Å². The first kappa shape index (κ1) is 8.99. The number of hydrogen-bond acceptors (Lipinski definition) is 4. The lowest BCUT2D eigenvalue weighted by molar-refractivity contribution is -0.136. The van der Waals surface area contributed by atoms with E-state index in [1.165, 1.54) is 11.3 Å². The smallest absolute Gasteiger partial charge is 0.309 e. The third kappa shape index (κ3) is 1.94. The molecule has 0 aliphatic carbocycles. The number of nitrogens with zero attached hydrogens (tertiary/aromatic N) is 1. The van der Waals surface area contributed by atoms with E-state index in [1.54, 1.807) is 7.05 Å². The summed E-state index contributed by atoms with van der Waals surface area (Å²) in [6.07, 6.45) is 0.00398. The van der Waals surface area contributed by atoms with Gasteiger partial charge in [0.05, 0.1) is 12.1 Å². The number of aliphatic carboxylic acids is 1. The van der Waals surface area contributed by atoms with Crippen molar-refractivity contribution in [2.75, 3.05) is 12.4 Å². The third-order valence-electron chi connectivity index (χ3n) is 1.43. The predicted octanol–water partition coefficient (Wildman–Crippen LogP) is 1.12. The molecule has 0 aliphatic rings. The Bertz CT molecular complexity index is 296. The number of carbonyl (C=O) groups is 1. The van der Waals surface area contributed by atoms with Gasteiger partial charge in [0.2, 0.25) is 0 Å². The van der Waals surface area contributed by atoms with Crippen molar-refractivity contribution in [3.05, 3.63) is 10.6 Å². The van der Waals surface area contributed by atoms with Crippen LogP contribution in [0.4, 0.5) is 5.13 Å². The van der Waals surface area contributed by atoms with E-state index >= 15 is 0 Å². The quantitative estimate of drug-likeness (QED) is 0.742. The average molecular weight is 186 g/mol. The summed E-state index contributed by atoms with van der Waals surface area (Å²) in [5.41, 5.74) is 0.650. The van der Waals surface area contributed by atoms with Crippen LogP contribution in [0.5, 0.6) is 0 Å². The summed E-state index contributed by atoms with van der Waals surface area (Å²) in [7, 11) is 1.77. The second kappa shape index (κ2) is 3.53. The molecule has 0 atom stereocenters. The molecule has 1 aromatic heterocycles. The molecule has 1 heterocycles. The maximum Gasteiger partial charge on any atom is 0.309 e. The minimum absolute atomic E-state index is 0.00398. The summed E-state index contributed by atoms with van der Waals surface area (Å²) in [6.45, 7) is 1.87. The van der Waals surface area contributed by atoms with Gasteiger partial charge in [0.25, 0.3) is 0 Å². The Hall–Kier alpha value is -1.10. The number of carboxylic acids is 1. The third-order valence-corrected chi connectivity index (χ3v) is 2.46. The highest BCUT2D eigenvalue weighted by Gasteiger charge is 2.09. The first-order valence-corrected chi connectivity index (χ1v) is 4.31. The van der Waals surface area contributed by atoms with Crippen LogP contribution in [0.1, 0.15) is 10.6 Å². The summed E-state index contributed by atoms with van der Waals surface area (Å²) in [5, 5.41) is 12.2. The SMILES string of the molecule is CNc1nc(CC(=O)O)c(C)s1. The molecular formula is C7H10N2O2S. The normalized spacial score (nSPS) is 9.83. The van der Waals surface area contributed by atoms with Gasteiger partial charge in [0, 0.05) is 11.9 Å². The first-order chi connectivity index (χ1) is 5.63. The number of aryl methyl sites for hydroxylation is 1. The Morgan fingerprint density at radius 1 is 1.75 bits per heavy atom. The molecule has 2 N–H and O–H groups in total. The fourth-order valence-corrected chi connectivity index (χ4v) is 1.63. The molecule has 0 amide bonds. The molecule has 0 bridgehead atoms. The van der Waals surface area contributed by atoms with E-state index in [0.717, 1.165) is 10.0 Å². The van der Waals surface area contributed by atoms with Gasteiger partial charge in [0.15, 0.2) is 5.13 Å². The molecule has 4 nitrogen and oxygen atoms in total. The van der Waals surface area contributed by atoms with E-state index in [0.29, 0.717) is 5.69 Å². The second-order valence-electron chi connectivity index (χ2n) is 2.34. The maximum atomic E-state index is 10.4. The molecule has 12 heavy (non-hydrogen) atoms. The van der Waals surface area contributed by atoms with Crippen LogP contribution in [0.2, 0.25) is 0 Å². The van der Waals surface area contributed by atoms with Gasteiger partial charge in [-0.25, -0.2) is 4.98 Å². The van der Waals surface area contributed by atoms with Crippen LogP contribution in [0, 0.1) is 6.92 Å². The van der Waals surface area contributed by atoms with E-state index in [2.05, 4.69) is 10.3 Å². The van der Waals surface area contributed by atoms with Gasteiger partial charge in [-0.15, -0.1) is 11.3 Å². The Morgan fingerprint density at radius 2 is 2.42 bits per heavy atom. The number of rotatable bonds is 3. The molecule has 0 aliphatic heterocycles. The standard InChI is InChI=1S/C7H10N2O2S/c1-4-5(3-6(10)11)9-7(8-2)12-4/h3H2,1-2H3,(H,8,9)(H,10,11). The lowest BCUT2D eigenvalue weighted by atomic mass is 10.3. The molecule has 66 valence electrons. The second-order valence-corrected chi connectivity index (χ2v) is 3.55. The zero-order chi connectivity index (χ0) is 9.14. The van der Waals surface area contributed by atoms with Crippen LogP contribution < -0.4 is 5.32 Å². The molecule has 1 aromatic rings. The van der Waals surface area contributed by atoms with Gasteiger partial charge in [-0.2, -0.15) is 0 Å². The molecule has 0 spiro atoms. The molecular weight excluding hydrogens is 176 g/mol. The van der Waals surface area contributed by atoms with Crippen molar-refractivity contribution in [3.8, 4) is 0 Å². The monoisotopic (exact) mass is 186 g/mol. The highest BCUT2D eigenvalue weighted by Crippen LogP contribution is 2.21. The van der Waals surface area contributed by atoms with Crippen molar-refractivity contribution in [2.45, 2.75) is 13.3 Å². The van der Waals surface area contributed by atoms with Crippen molar-refractivity contribution < 1.29 is 9.90 Å². The van der Waals surface area contributed by atoms with Gasteiger partial charge >= 0.3 is 5.97 Å². The highest BCUT2D eigenvalue weighted by molar-refractivity contribution is 7.15. The van der Waals surface area contributed by atoms with Crippen LogP contribution in [0.15, 0.2) is 0 Å². The highest BCUT2D eigenvalue weighted by atomic mass is 32.1. The van der Waals surface area contributed by atoms with E-state index in [-0.39, 0.29) is 6.42 Å². The van der Waals surface area contributed by atoms with Gasteiger partial charge in [-0.3, -0.25) is 4.79 Å². The number of aromatic nitrogens is 1. The molecule has 0 radical (unpaired) electrons. The Labute approximate surface area is 74.3 Å². The molecule has 0 saturated heterocycles. The largest absolute Gasteiger partial charge is 0.481 e. The zero-order valence-electron chi connectivity index (χ0n) is 6.92. The van der Waals surface area contributed by atoms with E-state index in [4.69, 9.17) is 5.11 Å². The van der Waals surface area contributed by atoms with Crippen molar-refractivity contribution >= 4 is 22.4 Å². The van der Waals surface area contributed by atoms with Crippen molar-refractivity contribution in [3.63, 3.8) is 0 Å². The molecule has 0 fully saturated rings. The minimum atomic E-state index is -0.842. The van der Waals surface area contributed by atoms with Crippen LogP contribution >= 0.6 is 11.3 Å². The zero-order valence-corrected chi connectivity index (χ0v) is 7.73. The molecule has 0 saturated carbocycles. The van der Waals surface area contributed by atoms with Gasteiger partial charge < -0.3 is 10.4 Å². The van der Waals surface area contributed by atoms with Gasteiger partial charge in [-0.1, -0.05) is 0 Å². The van der Waals surface area contributed by atoms with Crippen molar-refractivity contribution in [2.24, 2.45) is 0 Å². The molecule has 1 rings (SSSR count).